The Hall–Kier alpha value is -1.61. The maximum absolute atomic E-state index is 11.9. The highest BCUT2D eigenvalue weighted by Gasteiger charge is 2.08. The average Bonchev–Trinajstić information content (AvgIpc) is 2.37. The minimum absolute atomic E-state index is 0.0358. The Kier molecular flexibility index (Phi) is 6.15. The molecule has 18 heavy (non-hydrogen) atoms. The Morgan fingerprint density at radius 1 is 1.39 bits per heavy atom. The van der Waals surface area contributed by atoms with Crippen molar-refractivity contribution < 1.29 is 9.53 Å². The molecule has 98 valence electrons. The molecule has 0 aliphatic carbocycles. The zero-order chi connectivity index (χ0) is 13.4. The van der Waals surface area contributed by atoms with Crippen molar-refractivity contribution in [2.24, 2.45) is 0 Å². The Morgan fingerprint density at radius 3 is 2.78 bits per heavy atom. The van der Waals surface area contributed by atoms with Crippen LogP contribution in [0.2, 0.25) is 0 Å². The highest BCUT2D eigenvalue weighted by molar-refractivity contribution is 5.95. The van der Waals surface area contributed by atoms with E-state index in [1.165, 1.54) is 0 Å². The van der Waals surface area contributed by atoms with E-state index in [4.69, 9.17) is 4.74 Å². The van der Waals surface area contributed by atoms with Crippen LogP contribution in [0.15, 0.2) is 36.4 Å². The number of carbonyl (C=O) groups is 1. The van der Waals surface area contributed by atoms with Crippen LogP contribution in [0.25, 0.3) is 0 Å². The molecule has 0 aliphatic heterocycles. The van der Waals surface area contributed by atoms with Crippen LogP contribution >= 0.6 is 0 Å². The van der Waals surface area contributed by atoms with Crippen molar-refractivity contribution in [2.45, 2.75) is 20.3 Å². The molecule has 0 heterocycles. The van der Waals surface area contributed by atoms with Crippen molar-refractivity contribution in [3.63, 3.8) is 0 Å². The summed E-state index contributed by atoms with van der Waals surface area (Å²) in [6, 6.07) is 7.66. The van der Waals surface area contributed by atoms with E-state index in [9.17, 15) is 4.79 Å². The largest absolute Gasteiger partial charge is 0.375 e. The first-order chi connectivity index (χ1) is 8.65. The van der Waals surface area contributed by atoms with E-state index in [0.29, 0.717) is 19.8 Å². The van der Waals surface area contributed by atoms with Crippen LogP contribution in [0.5, 0.6) is 0 Å². The van der Waals surface area contributed by atoms with Crippen LogP contribution in [0.3, 0.4) is 0 Å². The molecule has 1 aromatic rings. The average molecular weight is 247 g/mol. The molecule has 0 bridgehead atoms. The van der Waals surface area contributed by atoms with Gasteiger partial charge in [-0.15, -0.1) is 0 Å². The number of carbonyl (C=O) groups excluding carboxylic acids is 1. The third-order valence-electron chi connectivity index (χ3n) is 2.52. The molecule has 3 heteroatoms. The van der Waals surface area contributed by atoms with Gasteiger partial charge in [0.2, 0.25) is 0 Å². The minimum atomic E-state index is -0.0358. The lowest BCUT2D eigenvalue weighted by molar-refractivity contribution is 0.0926. The monoisotopic (exact) mass is 247 g/mol. The van der Waals surface area contributed by atoms with E-state index in [2.05, 4.69) is 11.9 Å². The molecule has 1 amide bonds. The molecule has 0 fully saturated rings. The van der Waals surface area contributed by atoms with Crippen molar-refractivity contribution in [2.75, 3.05) is 19.8 Å². The fourth-order valence-corrected chi connectivity index (χ4v) is 1.63. The van der Waals surface area contributed by atoms with Gasteiger partial charge in [0, 0.05) is 12.1 Å². The molecule has 0 saturated carbocycles. The smallest absolute Gasteiger partial charge is 0.251 e. The first kappa shape index (κ1) is 14.5. The maximum Gasteiger partial charge on any atom is 0.251 e. The molecular weight excluding hydrogens is 226 g/mol. The SMILES string of the molecule is C=C(C)COCCNC(=O)c1ccccc1CC. The van der Waals surface area contributed by atoms with Gasteiger partial charge in [0.15, 0.2) is 0 Å². The van der Waals surface area contributed by atoms with Gasteiger partial charge < -0.3 is 10.1 Å². The van der Waals surface area contributed by atoms with E-state index in [0.717, 1.165) is 23.1 Å². The first-order valence-electron chi connectivity index (χ1n) is 6.23. The second-order valence-corrected chi connectivity index (χ2v) is 4.28. The molecule has 1 N–H and O–H groups in total. The molecule has 0 radical (unpaired) electrons. The number of ether oxygens (including phenoxy) is 1. The number of hydrogen-bond donors (Lipinski definition) is 1. The number of amides is 1. The minimum Gasteiger partial charge on any atom is -0.375 e. The molecule has 0 aromatic heterocycles. The van der Waals surface area contributed by atoms with Crippen molar-refractivity contribution in [1.29, 1.82) is 0 Å². The fraction of sp³-hybridized carbons (Fsp3) is 0.400. The van der Waals surface area contributed by atoms with E-state index in [1.54, 1.807) is 0 Å². The van der Waals surface area contributed by atoms with Crippen LogP contribution in [-0.2, 0) is 11.2 Å². The van der Waals surface area contributed by atoms with Crippen molar-refractivity contribution >= 4 is 5.91 Å². The molecule has 1 aromatic carbocycles. The van der Waals surface area contributed by atoms with E-state index < -0.39 is 0 Å². The molecule has 0 aliphatic rings. The first-order valence-corrected chi connectivity index (χ1v) is 6.23. The van der Waals surface area contributed by atoms with E-state index >= 15 is 0 Å². The Morgan fingerprint density at radius 2 is 2.11 bits per heavy atom. The van der Waals surface area contributed by atoms with Gasteiger partial charge in [-0.05, 0) is 25.0 Å². The second kappa shape index (κ2) is 7.67. The fourth-order valence-electron chi connectivity index (χ4n) is 1.63. The number of aryl methyl sites for hydroxylation is 1. The molecule has 0 saturated heterocycles. The molecule has 3 nitrogen and oxygen atoms in total. The Bertz CT molecular complexity index is 413. The Balaban J connectivity index is 2.38. The lowest BCUT2D eigenvalue weighted by Crippen LogP contribution is -2.28. The summed E-state index contributed by atoms with van der Waals surface area (Å²) in [5, 5.41) is 2.85. The topological polar surface area (TPSA) is 38.3 Å². The van der Waals surface area contributed by atoms with Crippen molar-refractivity contribution in [3.8, 4) is 0 Å². The van der Waals surface area contributed by atoms with Crippen LogP contribution in [0.1, 0.15) is 29.8 Å². The van der Waals surface area contributed by atoms with Gasteiger partial charge in [0.05, 0.1) is 13.2 Å². The highest BCUT2D eigenvalue weighted by Crippen LogP contribution is 2.08. The van der Waals surface area contributed by atoms with Gasteiger partial charge in [0.25, 0.3) is 5.91 Å². The Labute approximate surface area is 109 Å². The number of hydrogen-bond acceptors (Lipinski definition) is 2. The summed E-state index contributed by atoms with van der Waals surface area (Å²) in [4.78, 5) is 11.9. The van der Waals surface area contributed by atoms with Crippen LogP contribution < -0.4 is 5.32 Å². The molecular formula is C15H21NO2. The summed E-state index contributed by atoms with van der Waals surface area (Å²) in [6.45, 7) is 9.27. The third kappa shape index (κ3) is 4.72. The summed E-state index contributed by atoms with van der Waals surface area (Å²) in [5.74, 6) is -0.0358. The normalized spacial score (nSPS) is 10.1. The zero-order valence-corrected chi connectivity index (χ0v) is 11.2. The predicted octanol–water partition coefficient (Wildman–Crippen LogP) is 2.57. The lowest BCUT2D eigenvalue weighted by atomic mass is 10.0. The van der Waals surface area contributed by atoms with Gasteiger partial charge in [0.1, 0.15) is 0 Å². The summed E-state index contributed by atoms with van der Waals surface area (Å²) >= 11 is 0. The molecule has 0 atom stereocenters. The van der Waals surface area contributed by atoms with Gasteiger partial charge in [-0.25, -0.2) is 0 Å². The summed E-state index contributed by atoms with van der Waals surface area (Å²) < 4.78 is 5.32. The zero-order valence-electron chi connectivity index (χ0n) is 11.2. The summed E-state index contributed by atoms with van der Waals surface area (Å²) in [7, 11) is 0. The summed E-state index contributed by atoms with van der Waals surface area (Å²) in [6.07, 6.45) is 0.857. The second-order valence-electron chi connectivity index (χ2n) is 4.28. The molecule has 0 spiro atoms. The van der Waals surface area contributed by atoms with E-state index in [1.807, 2.05) is 38.1 Å². The lowest BCUT2D eigenvalue weighted by Gasteiger charge is -2.09. The number of benzene rings is 1. The standard InChI is InChI=1S/C15H21NO2/c1-4-13-7-5-6-8-14(13)15(17)16-9-10-18-11-12(2)3/h5-8H,2,4,9-11H2,1,3H3,(H,16,17). The van der Waals surface area contributed by atoms with Crippen LogP contribution in [-0.4, -0.2) is 25.7 Å². The van der Waals surface area contributed by atoms with Crippen molar-refractivity contribution in [1.82, 2.24) is 5.32 Å². The quantitative estimate of drug-likeness (QED) is 0.594. The number of rotatable bonds is 7. The van der Waals surface area contributed by atoms with Gasteiger partial charge in [-0.3, -0.25) is 4.79 Å². The molecule has 1 rings (SSSR count). The van der Waals surface area contributed by atoms with Gasteiger partial charge >= 0.3 is 0 Å². The van der Waals surface area contributed by atoms with Crippen molar-refractivity contribution in [3.05, 3.63) is 47.5 Å². The molecule has 0 unspecified atom stereocenters. The predicted molar refractivity (Wildman–Crippen MR) is 73.8 cm³/mol. The van der Waals surface area contributed by atoms with Crippen LogP contribution in [0.4, 0.5) is 0 Å². The summed E-state index contributed by atoms with van der Waals surface area (Å²) in [5.41, 5.74) is 2.80. The van der Waals surface area contributed by atoms with E-state index in [-0.39, 0.29) is 5.91 Å². The van der Waals surface area contributed by atoms with Gasteiger partial charge in [-0.2, -0.15) is 0 Å². The third-order valence-corrected chi connectivity index (χ3v) is 2.52. The van der Waals surface area contributed by atoms with Crippen LogP contribution in [0, 0.1) is 0 Å². The van der Waals surface area contributed by atoms with Gasteiger partial charge in [-0.1, -0.05) is 37.3 Å². The highest BCUT2D eigenvalue weighted by atomic mass is 16.5. The maximum atomic E-state index is 11.9. The number of nitrogens with one attached hydrogen (secondary N) is 1.